The van der Waals surface area contributed by atoms with Crippen LogP contribution in [0.1, 0.15) is 51.6 Å². The van der Waals surface area contributed by atoms with Crippen LogP contribution in [-0.4, -0.2) is 12.1 Å². The van der Waals surface area contributed by atoms with Gasteiger partial charge in [-0.2, -0.15) is 0 Å². The minimum atomic E-state index is -0.529. The third-order valence-electron chi connectivity index (χ3n) is 4.57. The van der Waals surface area contributed by atoms with Crippen molar-refractivity contribution in [3.8, 4) is 0 Å². The lowest BCUT2D eigenvalue weighted by molar-refractivity contribution is 0.216. The maximum atomic E-state index is 10.8. The third kappa shape index (κ3) is 4.46. The number of hydrogen-bond acceptors (Lipinski definition) is 2. The van der Waals surface area contributed by atoms with Crippen LogP contribution in [0, 0.1) is 11.8 Å². The van der Waals surface area contributed by atoms with Crippen LogP contribution in [0.25, 0.3) is 0 Å². The van der Waals surface area contributed by atoms with E-state index in [1.165, 1.54) is 24.8 Å². The number of rotatable bonds is 4. The molecule has 1 fully saturated rings. The van der Waals surface area contributed by atoms with Crippen molar-refractivity contribution < 1.29 is 4.79 Å². The standard InChI is InChI=1S/C17H27N3O/c1-11-4-9-16(12(2)10-11)19-13(3)14-5-7-15(8-6-14)20-17(18)21/h5-8,11-13,16,19H,4,9-10H2,1-3H3,(H3,18,20,21). The normalized spacial score (nSPS) is 27.1. The Morgan fingerprint density at radius 3 is 2.48 bits per heavy atom. The fourth-order valence-corrected chi connectivity index (χ4v) is 3.33. The molecular formula is C17H27N3O. The van der Waals surface area contributed by atoms with E-state index in [1.807, 2.05) is 24.3 Å². The molecular weight excluding hydrogens is 262 g/mol. The van der Waals surface area contributed by atoms with Crippen molar-refractivity contribution in [2.75, 3.05) is 5.32 Å². The summed E-state index contributed by atoms with van der Waals surface area (Å²) in [5, 5.41) is 6.34. The van der Waals surface area contributed by atoms with E-state index in [1.54, 1.807) is 0 Å². The number of amides is 2. The van der Waals surface area contributed by atoms with Gasteiger partial charge >= 0.3 is 6.03 Å². The topological polar surface area (TPSA) is 67.2 Å². The SMILES string of the molecule is CC1CCC(NC(C)c2ccc(NC(N)=O)cc2)C(C)C1. The molecule has 0 spiro atoms. The minimum Gasteiger partial charge on any atom is -0.351 e. The molecule has 1 aromatic carbocycles. The Labute approximate surface area is 127 Å². The lowest BCUT2D eigenvalue weighted by Crippen LogP contribution is -2.40. The zero-order valence-corrected chi connectivity index (χ0v) is 13.2. The number of anilines is 1. The average Bonchev–Trinajstić information content (AvgIpc) is 2.42. The van der Waals surface area contributed by atoms with Crippen molar-refractivity contribution >= 4 is 11.7 Å². The first-order valence-electron chi connectivity index (χ1n) is 7.88. The van der Waals surface area contributed by atoms with Crippen LogP contribution in [0.2, 0.25) is 0 Å². The zero-order valence-electron chi connectivity index (χ0n) is 13.2. The summed E-state index contributed by atoms with van der Waals surface area (Å²) >= 11 is 0. The summed E-state index contributed by atoms with van der Waals surface area (Å²) in [6, 6.07) is 8.25. The van der Waals surface area contributed by atoms with E-state index in [2.05, 4.69) is 31.4 Å². The Bertz CT molecular complexity index is 471. The van der Waals surface area contributed by atoms with Crippen molar-refractivity contribution in [2.45, 2.75) is 52.1 Å². The van der Waals surface area contributed by atoms with E-state index < -0.39 is 6.03 Å². The van der Waals surface area contributed by atoms with E-state index in [0.29, 0.717) is 12.1 Å². The van der Waals surface area contributed by atoms with Crippen molar-refractivity contribution in [1.82, 2.24) is 5.32 Å². The molecule has 4 unspecified atom stereocenters. The van der Waals surface area contributed by atoms with Gasteiger partial charge in [0.2, 0.25) is 0 Å². The zero-order chi connectivity index (χ0) is 15.4. The van der Waals surface area contributed by atoms with E-state index in [4.69, 9.17) is 5.73 Å². The first-order chi connectivity index (χ1) is 9.95. The van der Waals surface area contributed by atoms with E-state index in [-0.39, 0.29) is 0 Å². The number of urea groups is 1. The van der Waals surface area contributed by atoms with Gasteiger partial charge in [0.15, 0.2) is 0 Å². The fourth-order valence-electron chi connectivity index (χ4n) is 3.33. The number of carbonyl (C=O) groups excluding carboxylic acids is 1. The highest BCUT2D eigenvalue weighted by Gasteiger charge is 2.26. The first-order valence-corrected chi connectivity index (χ1v) is 7.88. The molecule has 1 saturated carbocycles. The fraction of sp³-hybridized carbons (Fsp3) is 0.588. The maximum Gasteiger partial charge on any atom is 0.316 e. The van der Waals surface area contributed by atoms with Crippen molar-refractivity contribution in [1.29, 1.82) is 0 Å². The molecule has 0 radical (unpaired) electrons. The molecule has 0 saturated heterocycles. The summed E-state index contributed by atoms with van der Waals surface area (Å²) < 4.78 is 0. The minimum absolute atomic E-state index is 0.313. The maximum absolute atomic E-state index is 10.8. The van der Waals surface area contributed by atoms with Gasteiger partial charge < -0.3 is 16.4 Å². The molecule has 116 valence electrons. The largest absolute Gasteiger partial charge is 0.351 e. The number of benzene rings is 1. The van der Waals surface area contributed by atoms with Crippen molar-refractivity contribution in [3.63, 3.8) is 0 Å². The summed E-state index contributed by atoms with van der Waals surface area (Å²) in [4.78, 5) is 10.8. The lowest BCUT2D eigenvalue weighted by Gasteiger charge is -2.35. The predicted molar refractivity (Wildman–Crippen MR) is 87.2 cm³/mol. The Balaban J connectivity index is 1.93. The van der Waals surface area contributed by atoms with Crippen LogP contribution in [0.15, 0.2) is 24.3 Å². The van der Waals surface area contributed by atoms with Crippen LogP contribution >= 0.6 is 0 Å². The first kappa shape index (κ1) is 15.8. The second kappa shape index (κ2) is 6.94. The monoisotopic (exact) mass is 289 g/mol. The Morgan fingerprint density at radius 1 is 1.24 bits per heavy atom. The van der Waals surface area contributed by atoms with Crippen LogP contribution in [0.3, 0.4) is 0 Å². The van der Waals surface area contributed by atoms with Crippen molar-refractivity contribution in [2.24, 2.45) is 17.6 Å². The highest BCUT2D eigenvalue weighted by atomic mass is 16.2. The Hall–Kier alpha value is -1.55. The number of nitrogens with two attached hydrogens (primary N) is 1. The van der Waals surface area contributed by atoms with Gasteiger partial charge in [0.1, 0.15) is 0 Å². The Kier molecular flexibility index (Phi) is 5.23. The summed E-state index contributed by atoms with van der Waals surface area (Å²) in [6.45, 7) is 6.89. The molecule has 4 nitrogen and oxygen atoms in total. The molecule has 2 amide bonds. The number of hydrogen-bond donors (Lipinski definition) is 3. The summed E-state index contributed by atoms with van der Waals surface area (Å²) in [5.41, 5.74) is 7.08. The van der Waals surface area contributed by atoms with Gasteiger partial charge in [-0.3, -0.25) is 0 Å². The molecule has 0 bridgehead atoms. The molecule has 1 aromatic rings. The molecule has 4 heteroatoms. The third-order valence-corrected chi connectivity index (χ3v) is 4.57. The van der Waals surface area contributed by atoms with Gasteiger partial charge in [-0.25, -0.2) is 4.79 Å². The van der Waals surface area contributed by atoms with Gasteiger partial charge in [-0.15, -0.1) is 0 Å². The highest BCUT2D eigenvalue weighted by molar-refractivity contribution is 5.87. The Morgan fingerprint density at radius 2 is 1.90 bits per heavy atom. The summed E-state index contributed by atoms with van der Waals surface area (Å²) in [6.07, 6.45) is 3.88. The smallest absolute Gasteiger partial charge is 0.316 e. The van der Waals surface area contributed by atoms with Gasteiger partial charge in [-0.05, 0) is 55.7 Å². The van der Waals surface area contributed by atoms with Gasteiger partial charge in [-0.1, -0.05) is 26.0 Å². The van der Waals surface area contributed by atoms with Crippen LogP contribution in [-0.2, 0) is 0 Å². The number of primary amides is 1. The van der Waals surface area contributed by atoms with Crippen LogP contribution < -0.4 is 16.4 Å². The molecule has 0 heterocycles. The quantitative estimate of drug-likeness (QED) is 0.792. The van der Waals surface area contributed by atoms with Gasteiger partial charge in [0.05, 0.1) is 0 Å². The van der Waals surface area contributed by atoms with Crippen molar-refractivity contribution in [3.05, 3.63) is 29.8 Å². The summed E-state index contributed by atoms with van der Waals surface area (Å²) in [7, 11) is 0. The van der Waals surface area contributed by atoms with E-state index in [9.17, 15) is 4.79 Å². The molecule has 4 atom stereocenters. The van der Waals surface area contributed by atoms with E-state index >= 15 is 0 Å². The van der Waals surface area contributed by atoms with Crippen LogP contribution in [0.4, 0.5) is 10.5 Å². The average molecular weight is 289 g/mol. The number of nitrogens with one attached hydrogen (secondary N) is 2. The molecule has 1 aliphatic carbocycles. The molecule has 4 N–H and O–H groups in total. The molecule has 21 heavy (non-hydrogen) atoms. The number of carbonyl (C=O) groups is 1. The van der Waals surface area contributed by atoms with Gasteiger partial charge in [0, 0.05) is 17.8 Å². The van der Waals surface area contributed by atoms with Crippen LogP contribution in [0.5, 0.6) is 0 Å². The molecule has 1 aliphatic rings. The van der Waals surface area contributed by atoms with E-state index in [0.717, 1.165) is 17.5 Å². The predicted octanol–water partition coefficient (Wildman–Crippen LogP) is 3.65. The van der Waals surface area contributed by atoms with Gasteiger partial charge in [0.25, 0.3) is 0 Å². The summed E-state index contributed by atoms with van der Waals surface area (Å²) in [5.74, 6) is 1.58. The lowest BCUT2D eigenvalue weighted by atomic mass is 9.79. The molecule has 0 aromatic heterocycles. The molecule has 0 aliphatic heterocycles. The highest BCUT2D eigenvalue weighted by Crippen LogP contribution is 2.30. The second-order valence-electron chi connectivity index (χ2n) is 6.50. The second-order valence-corrected chi connectivity index (χ2v) is 6.50. The molecule has 2 rings (SSSR count).